The van der Waals surface area contributed by atoms with Crippen LogP contribution in [0.15, 0.2) is 36.4 Å². The van der Waals surface area contributed by atoms with Crippen molar-refractivity contribution in [3.05, 3.63) is 57.6 Å². The average molecular weight is 466 g/mol. The molecule has 5 rings (SSSR count). The lowest BCUT2D eigenvalue weighted by atomic mass is 9.51. The van der Waals surface area contributed by atoms with Crippen LogP contribution in [0.5, 0.6) is 17.2 Å². The second kappa shape index (κ2) is 7.53. The van der Waals surface area contributed by atoms with Gasteiger partial charge in [-0.05, 0) is 63.5 Å². The summed E-state index contributed by atoms with van der Waals surface area (Å²) in [7, 11) is 4.14. The molecule has 4 atom stereocenters. The number of Topliss-reactive ketones (excluding diaryl/α,β-unsaturated/α-hetero) is 1. The van der Waals surface area contributed by atoms with Crippen LogP contribution in [-0.2, 0) is 16.6 Å². The molecule has 0 N–H and O–H groups in total. The maximum atomic E-state index is 12.9. The molecule has 0 saturated heterocycles. The van der Waals surface area contributed by atoms with Gasteiger partial charge in [-0.15, -0.1) is 0 Å². The maximum Gasteiger partial charge on any atom is 0.519 e. The first-order valence-electron chi connectivity index (χ1n) is 11.2. The van der Waals surface area contributed by atoms with Gasteiger partial charge in [0.05, 0.1) is 4.92 Å². The van der Waals surface area contributed by atoms with E-state index >= 15 is 0 Å². The Kier molecular flexibility index (Phi) is 4.95. The predicted octanol–water partition coefficient (Wildman–Crippen LogP) is 4.05. The molecular formula is C25H26N2O7. The Bertz CT molecular complexity index is 1210. The van der Waals surface area contributed by atoms with Crippen LogP contribution < -0.4 is 14.2 Å². The molecule has 1 heterocycles. The third kappa shape index (κ3) is 3.10. The van der Waals surface area contributed by atoms with Crippen molar-refractivity contribution in [2.45, 2.75) is 50.2 Å². The normalized spacial score (nSPS) is 28.8. The molecule has 0 amide bonds. The van der Waals surface area contributed by atoms with Gasteiger partial charge in [0.25, 0.3) is 5.69 Å². The van der Waals surface area contributed by atoms with Gasteiger partial charge in [-0.25, -0.2) is 4.79 Å². The van der Waals surface area contributed by atoms with E-state index in [4.69, 9.17) is 14.2 Å². The minimum atomic E-state index is -0.995. The molecule has 0 bridgehead atoms. The van der Waals surface area contributed by atoms with E-state index < -0.39 is 22.6 Å². The van der Waals surface area contributed by atoms with Gasteiger partial charge in [0.15, 0.2) is 23.4 Å². The van der Waals surface area contributed by atoms with Crippen LogP contribution in [0, 0.1) is 16.0 Å². The first-order valence-corrected chi connectivity index (χ1v) is 11.2. The molecule has 2 aliphatic carbocycles. The zero-order chi connectivity index (χ0) is 24.4. The van der Waals surface area contributed by atoms with E-state index in [1.807, 2.05) is 6.07 Å². The number of nitrogens with zero attached hydrogens (tertiary/aromatic N) is 2. The van der Waals surface area contributed by atoms with Crippen molar-refractivity contribution in [3.8, 4) is 17.2 Å². The van der Waals surface area contributed by atoms with Crippen LogP contribution in [0.1, 0.15) is 37.8 Å². The lowest BCUT2D eigenvalue weighted by Gasteiger charge is -2.56. The lowest BCUT2D eigenvalue weighted by molar-refractivity contribution is -0.384. The number of carbonyl (C=O) groups is 2. The Morgan fingerprint density at radius 3 is 2.50 bits per heavy atom. The molecule has 2 aromatic carbocycles. The Morgan fingerprint density at radius 1 is 1.15 bits per heavy atom. The number of benzene rings is 2. The summed E-state index contributed by atoms with van der Waals surface area (Å²) in [5, 5.41) is 10.8. The van der Waals surface area contributed by atoms with E-state index in [1.165, 1.54) is 24.3 Å². The number of nitro groups is 1. The topological polar surface area (TPSA) is 108 Å². The first-order chi connectivity index (χ1) is 16.1. The molecule has 0 spiro atoms. The molecule has 3 aliphatic rings. The van der Waals surface area contributed by atoms with Crippen LogP contribution in [-0.4, -0.2) is 47.5 Å². The summed E-state index contributed by atoms with van der Waals surface area (Å²) in [6, 6.07) is 8.73. The van der Waals surface area contributed by atoms with E-state index in [0.29, 0.717) is 12.2 Å². The number of ether oxygens (including phenoxy) is 3. The Hall–Kier alpha value is -3.46. The molecule has 1 aliphatic heterocycles. The van der Waals surface area contributed by atoms with E-state index in [0.717, 1.165) is 24.0 Å². The van der Waals surface area contributed by atoms with Crippen molar-refractivity contribution in [2.75, 3.05) is 14.1 Å². The Morgan fingerprint density at radius 2 is 1.85 bits per heavy atom. The van der Waals surface area contributed by atoms with E-state index in [9.17, 15) is 19.7 Å². The standard InChI is InChI=1S/C25H26N2O7/c1-24(26(3)4)13-14-5-11-18(33-23(29)32-16-8-6-15(7-9-16)27(30)31)21-20(14)25(2)19(24)12-10-17(28)22(25)34-21/h5-9,11,19,22H,10,12-13H2,1-4H3/t19?,22-,24+,25-/m1/s1. The second-order valence-corrected chi connectivity index (χ2v) is 9.90. The van der Waals surface area contributed by atoms with Gasteiger partial charge in [0, 0.05) is 35.1 Å². The number of non-ortho nitro benzene ring substituents is 1. The molecule has 178 valence electrons. The van der Waals surface area contributed by atoms with Crippen molar-refractivity contribution < 1.29 is 28.7 Å². The zero-order valence-corrected chi connectivity index (χ0v) is 19.5. The van der Waals surface area contributed by atoms with Crippen molar-refractivity contribution in [2.24, 2.45) is 5.92 Å². The second-order valence-electron chi connectivity index (χ2n) is 9.90. The van der Waals surface area contributed by atoms with Crippen LogP contribution in [0.25, 0.3) is 0 Å². The van der Waals surface area contributed by atoms with Gasteiger partial charge in [-0.3, -0.25) is 14.9 Å². The van der Waals surface area contributed by atoms with Gasteiger partial charge in [-0.2, -0.15) is 0 Å². The summed E-state index contributed by atoms with van der Waals surface area (Å²) in [4.78, 5) is 38.0. The quantitative estimate of drug-likeness (QED) is 0.287. The Balaban J connectivity index is 1.48. The van der Waals surface area contributed by atoms with Gasteiger partial charge in [-0.1, -0.05) is 13.0 Å². The van der Waals surface area contributed by atoms with Crippen molar-refractivity contribution in [3.63, 3.8) is 0 Å². The third-order valence-corrected chi connectivity index (χ3v) is 7.99. The van der Waals surface area contributed by atoms with Gasteiger partial charge < -0.3 is 19.1 Å². The molecule has 1 unspecified atom stereocenters. The summed E-state index contributed by atoms with van der Waals surface area (Å²) < 4.78 is 16.9. The predicted molar refractivity (Wildman–Crippen MR) is 121 cm³/mol. The third-order valence-electron chi connectivity index (χ3n) is 7.99. The summed E-state index contributed by atoms with van der Waals surface area (Å²) in [6.45, 7) is 4.33. The highest BCUT2D eigenvalue weighted by Crippen LogP contribution is 2.62. The van der Waals surface area contributed by atoms with Crippen molar-refractivity contribution in [1.82, 2.24) is 4.90 Å². The molecule has 34 heavy (non-hydrogen) atoms. The number of carbonyl (C=O) groups excluding carboxylic acids is 2. The number of rotatable bonds is 4. The fourth-order valence-corrected chi connectivity index (χ4v) is 6.16. The highest BCUT2D eigenvalue weighted by molar-refractivity contribution is 5.89. The molecule has 0 radical (unpaired) electrons. The van der Waals surface area contributed by atoms with Crippen molar-refractivity contribution in [1.29, 1.82) is 0 Å². The monoisotopic (exact) mass is 466 g/mol. The summed E-state index contributed by atoms with van der Waals surface area (Å²) in [6.07, 6.45) is 0.396. The van der Waals surface area contributed by atoms with E-state index in [2.05, 4.69) is 32.8 Å². The fourth-order valence-electron chi connectivity index (χ4n) is 6.16. The first kappa shape index (κ1) is 22.3. The molecule has 1 fully saturated rings. The molecule has 2 aromatic rings. The van der Waals surface area contributed by atoms with Crippen LogP contribution in [0.4, 0.5) is 10.5 Å². The SMILES string of the molecule is CN(C)[C@@]1(C)Cc2ccc(OC(=O)Oc3ccc([N+](=O)[O-])cc3)c3c2[C@@]2(C)C1CCC(=O)[C@H]2O3. The minimum Gasteiger partial charge on any atom is -0.477 e. The van der Waals surface area contributed by atoms with Gasteiger partial charge >= 0.3 is 6.16 Å². The van der Waals surface area contributed by atoms with Crippen molar-refractivity contribution >= 4 is 17.6 Å². The average Bonchev–Trinajstić information content (AvgIpc) is 3.11. The van der Waals surface area contributed by atoms with Crippen LogP contribution in [0.3, 0.4) is 0 Å². The Labute approximate surface area is 196 Å². The fraction of sp³-hybridized carbons (Fsp3) is 0.440. The van der Waals surface area contributed by atoms with Crippen LogP contribution in [0.2, 0.25) is 0 Å². The molecule has 0 aromatic heterocycles. The molecular weight excluding hydrogens is 440 g/mol. The highest BCUT2D eigenvalue weighted by Gasteiger charge is 2.64. The number of ketones is 1. The minimum absolute atomic E-state index is 0.0586. The number of hydrogen-bond donors (Lipinski definition) is 0. The van der Waals surface area contributed by atoms with Gasteiger partial charge in [0.1, 0.15) is 5.75 Å². The smallest absolute Gasteiger partial charge is 0.477 e. The number of likely N-dealkylation sites (N-methyl/N-ethyl adjacent to an activating group) is 1. The summed E-state index contributed by atoms with van der Waals surface area (Å²) in [5.41, 5.74) is 1.23. The molecule has 1 saturated carbocycles. The lowest BCUT2D eigenvalue weighted by Crippen LogP contribution is -2.64. The zero-order valence-electron chi connectivity index (χ0n) is 19.5. The maximum absolute atomic E-state index is 12.9. The number of nitro benzene ring substituents is 1. The molecule has 9 heteroatoms. The summed E-state index contributed by atoms with van der Waals surface area (Å²) >= 11 is 0. The highest BCUT2D eigenvalue weighted by atomic mass is 16.7. The van der Waals surface area contributed by atoms with Crippen LogP contribution >= 0.6 is 0 Å². The van der Waals surface area contributed by atoms with E-state index in [-0.39, 0.29) is 34.4 Å². The van der Waals surface area contributed by atoms with Gasteiger partial charge in [0.2, 0.25) is 0 Å². The van der Waals surface area contributed by atoms with E-state index in [1.54, 1.807) is 6.07 Å². The number of hydrogen-bond acceptors (Lipinski definition) is 8. The molecule has 9 nitrogen and oxygen atoms in total. The summed E-state index contributed by atoms with van der Waals surface area (Å²) in [5.74, 6) is 0.980. The largest absolute Gasteiger partial charge is 0.519 e.